The molecule has 9 nitrogen and oxygen atoms in total. The maximum Gasteiger partial charge on any atom is 0.341 e. The Morgan fingerprint density at radius 2 is 1.38 bits per heavy atom. The van der Waals surface area contributed by atoms with Crippen LogP contribution in [-0.2, 0) is 32.6 Å². The largest absolute Gasteiger partial charge is 0.486 e. The van der Waals surface area contributed by atoms with Crippen molar-refractivity contribution in [3.05, 3.63) is 120 Å². The van der Waals surface area contributed by atoms with Crippen molar-refractivity contribution in [2.75, 3.05) is 17.9 Å². The van der Waals surface area contributed by atoms with Crippen LogP contribution in [0.1, 0.15) is 28.4 Å². The van der Waals surface area contributed by atoms with Gasteiger partial charge in [-0.3, -0.25) is 9.52 Å². The van der Waals surface area contributed by atoms with Gasteiger partial charge in [0.2, 0.25) is 0 Å². The molecular weight excluding hydrogens is 556 g/mol. The summed E-state index contributed by atoms with van der Waals surface area (Å²) in [5, 5.41) is 0. The number of amides is 1. The summed E-state index contributed by atoms with van der Waals surface area (Å²) < 4.78 is 45.4. The maximum atomic E-state index is 13.6. The van der Waals surface area contributed by atoms with E-state index in [1.165, 1.54) is 37.3 Å². The summed E-state index contributed by atoms with van der Waals surface area (Å²) in [5.41, 5.74) is 1.84. The number of carbonyl (C=O) groups is 2. The number of carbonyl (C=O) groups excluding carboxylic acids is 2. The molecule has 0 bridgehead atoms. The summed E-state index contributed by atoms with van der Waals surface area (Å²) in [6.07, 6.45) is -1.13. The summed E-state index contributed by atoms with van der Waals surface area (Å²) in [5.74, 6) is -0.447. The molecule has 0 radical (unpaired) electrons. The average Bonchev–Trinajstić information content (AvgIpc) is 3.01. The molecule has 1 aliphatic heterocycles. The molecule has 0 aromatic heterocycles. The highest BCUT2D eigenvalue weighted by Gasteiger charge is 2.27. The Hall–Kier alpha value is -4.83. The molecule has 1 atom stereocenters. The minimum Gasteiger partial charge on any atom is -0.486 e. The van der Waals surface area contributed by atoms with E-state index in [0.29, 0.717) is 37.8 Å². The third-order valence-corrected chi connectivity index (χ3v) is 7.95. The van der Waals surface area contributed by atoms with Crippen molar-refractivity contribution < 1.29 is 32.2 Å². The molecule has 10 heteroatoms. The number of ether oxygens (including phenoxy) is 3. The first-order valence-electron chi connectivity index (χ1n) is 13.4. The minimum absolute atomic E-state index is 0.0162. The van der Waals surface area contributed by atoms with Gasteiger partial charge in [0.15, 0.2) is 17.6 Å². The number of rotatable bonds is 10. The van der Waals surface area contributed by atoms with Crippen LogP contribution in [0, 0.1) is 0 Å². The number of hydrogen-bond donors (Lipinski definition) is 1. The molecule has 1 amide bonds. The summed E-state index contributed by atoms with van der Waals surface area (Å²) in [6.45, 7) is 2.84. The molecule has 0 spiro atoms. The van der Waals surface area contributed by atoms with Gasteiger partial charge in [0, 0.05) is 19.2 Å². The Balaban J connectivity index is 1.32. The van der Waals surface area contributed by atoms with Crippen LogP contribution in [0.5, 0.6) is 11.5 Å². The Morgan fingerprint density at radius 3 is 2.02 bits per heavy atom. The van der Waals surface area contributed by atoms with E-state index in [-0.39, 0.29) is 22.1 Å². The molecule has 1 heterocycles. The van der Waals surface area contributed by atoms with Crippen molar-refractivity contribution in [3.8, 4) is 11.5 Å². The van der Waals surface area contributed by atoms with E-state index in [1.807, 2.05) is 60.7 Å². The maximum absolute atomic E-state index is 13.6. The van der Waals surface area contributed by atoms with Crippen LogP contribution >= 0.6 is 0 Å². The van der Waals surface area contributed by atoms with Gasteiger partial charge in [0.25, 0.3) is 15.9 Å². The molecule has 0 saturated heterocycles. The van der Waals surface area contributed by atoms with E-state index in [0.717, 1.165) is 11.1 Å². The molecule has 0 saturated carbocycles. The molecule has 0 unspecified atom stereocenters. The van der Waals surface area contributed by atoms with Crippen molar-refractivity contribution in [1.82, 2.24) is 4.90 Å². The van der Waals surface area contributed by atoms with Crippen molar-refractivity contribution in [2.24, 2.45) is 0 Å². The number of hydrogen-bond acceptors (Lipinski definition) is 7. The first-order chi connectivity index (χ1) is 20.3. The van der Waals surface area contributed by atoms with Gasteiger partial charge in [0.05, 0.1) is 16.1 Å². The number of benzene rings is 4. The molecule has 5 rings (SSSR count). The predicted octanol–water partition coefficient (Wildman–Crippen LogP) is 5.03. The number of anilines is 1. The van der Waals surface area contributed by atoms with E-state index in [1.54, 1.807) is 17.0 Å². The fourth-order valence-corrected chi connectivity index (χ4v) is 5.59. The van der Waals surface area contributed by atoms with Crippen LogP contribution in [0.3, 0.4) is 0 Å². The predicted molar refractivity (Wildman–Crippen MR) is 157 cm³/mol. The van der Waals surface area contributed by atoms with Gasteiger partial charge in [-0.1, -0.05) is 72.8 Å². The number of fused-ring (bicyclic) bond motifs is 1. The topological polar surface area (TPSA) is 111 Å². The highest BCUT2D eigenvalue weighted by molar-refractivity contribution is 7.92. The molecule has 1 aliphatic rings. The van der Waals surface area contributed by atoms with E-state index in [2.05, 4.69) is 4.72 Å². The van der Waals surface area contributed by atoms with Crippen molar-refractivity contribution >= 4 is 27.6 Å². The van der Waals surface area contributed by atoms with E-state index in [4.69, 9.17) is 14.2 Å². The summed E-state index contributed by atoms with van der Waals surface area (Å²) in [6, 6.07) is 29.4. The lowest BCUT2D eigenvalue weighted by molar-refractivity contribution is -0.141. The van der Waals surface area contributed by atoms with E-state index >= 15 is 0 Å². The number of para-hydroxylation sites is 1. The molecule has 216 valence electrons. The van der Waals surface area contributed by atoms with Gasteiger partial charge in [0.1, 0.15) is 13.2 Å². The lowest BCUT2D eigenvalue weighted by Gasteiger charge is -2.26. The Kier molecular flexibility index (Phi) is 8.73. The lowest BCUT2D eigenvalue weighted by atomic mass is 10.1. The molecular formula is C32H30N2O7S. The Labute approximate surface area is 244 Å². The van der Waals surface area contributed by atoms with Gasteiger partial charge < -0.3 is 19.1 Å². The van der Waals surface area contributed by atoms with Crippen molar-refractivity contribution in [3.63, 3.8) is 0 Å². The van der Waals surface area contributed by atoms with Crippen LogP contribution in [0.4, 0.5) is 5.69 Å². The SMILES string of the molecule is C[C@H](OC(=O)c1ccccc1NS(=O)(=O)c1ccc2c(c1)OCCO2)C(=O)N(Cc1ccccc1)Cc1ccccc1. The standard InChI is InChI=1S/C32H30N2O7S/c1-23(31(35)34(21-24-10-4-2-5-11-24)22-25-12-6-3-7-13-25)41-32(36)27-14-8-9-15-28(27)33-42(37,38)26-16-17-29-30(20-26)40-19-18-39-29/h2-17,20,23,33H,18-19,21-22H2,1H3/t23-/m0/s1. The summed E-state index contributed by atoms with van der Waals surface area (Å²) in [7, 11) is -4.10. The number of nitrogens with one attached hydrogen (secondary N) is 1. The number of esters is 1. The zero-order valence-electron chi connectivity index (χ0n) is 22.9. The van der Waals surface area contributed by atoms with Crippen molar-refractivity contribution in [1.29, 1.82) is 0 Å². The van der Waals surface area contributed by atoms with Crippen LogP contribution in [0.25, 0.3) is 0 Å². The first-order valence-corrected chi connectivity index (χ1v) is 14.9. The van der Waals surface area contributed by atoms with Gasteiger partial charge in [-0.2, -0.15) is 0 Å². The molecule has 1 N–H and O–H groups in total. The molecule has 42 heavy (non-hydrogen) atoms. The highest BCUT2D eigenvalue weighted by Crippen LogP contribution is 2.33. The summed E-state index contributed by atoms with van der Waals surface area (Å²) >= 11 is 0. The van der Waals surface area contributed by atoms with E-state index in [9.17, 15) is 18.0 Å². The van der Waals surface area contributed by atoms with Crippen LogP contribution in [0.2, 0.25) is 0 Å². The van der Waals surface area contributed by atoms with Gasteiger partial charge in [-0.05, 0) is 42.3 Å². The third kappa shape index (κ3) is 6.90. The van der Waals surface area contributed by atoms with Crippen LogP contribution in [0.15, 0.2) is 108 Å². The van der Waals surface area contributed by atoms with Crippen LogP contribution < -0.4 is 14.2 Å². The monoisotopic (exact) mass is 586 g/mol. The highest BCUT2D eigenvalue weighted by atomic mass is 32.2. The molecule has 4 aromatic carbocycles. The minimum atomic E-state index is -4.10. The smallest absolute Gasteiger partial charge is 0.341 e. The normalized spacial score (nSPS) is 13.1. The van der Waals surface area contributed by atoms with Crippen molar-refractivity contribution in [2.45, 2.75) is 31.0 Å². The lowest BCUT2D eigenvalue weighted by Crippen LogP contribution is -2.39. The first kappa shape index (κ1) is 28.7. The third-order valence-electron chi connectivity index (χ3n) is 6.59. The molecule has 0 fully saturated rings. The second kappa shape index (κ2) is 12.8. The Morgan fingerprint density at radius 1 is 0.810 bits per heavy atom. The van der Waals surface area contributed by atoms with Gasteiger partial charge in [-0.15, -0.1) is 0 Å². The fourth-order valence-electron chi connectivity index (χ4n) is 4.50. The van der Waals surface area contributed by atoms with Gasteiger partial charge in [-0.25, -0.2) is 13.2 Å². The number of nitrogens with zero attached hydrogens (tertiary/aromatic N) is 1. The number of sulfonamides is 1. The fraction of sp³-hybridized carbons (Fsp3) is 0.188. The quantitative estimate of drug-likeness (QED) is 0.260. The zero-order chi connectivity index (χ0) is 29.5. The zero-order valence-corrected chi connectivity index (χ0v) is 23.8. The molecule has 4 aromatic rings. The Bertz CT molecular complexity index is 1620. The second-order valence-corrected chi connectivity index (χ2v) is 11.4. The summed E-state index contributed by atoms with van der Waals surface area (Å²) in [4.78, 5) is 28.4. The second-order valence-electron chi connectivity index (χ2n) is 9.67. The van der Waals surface area contributed by atoms with E-state index < -0.39 is 22.1 Å². The average molecular weight is 587 g/mol. The molecule has 0 aliphatic carbocycles. The van der Waals surface area contributed by atoms with Crippen LogP contribution in [-0.4, -0.2) is 44.5 Å². The van der Waals surface area contributed by atoms with Gasteiger partial charge >= 0.3 is 5.97 Å².